The molecule has 0 bridgehead atoms. The quantitative estimate of drug-likeness (QED) is 0.145. The van der Waals surface area contributed by atoms with Crippen molar-refractivity contribution in [2.45, 2.75) is 0 Å². The maximum absolute atomic E-state index is 13.2. The van der Waals surface area contributed by atoms with Gasteiger partial charge in [0.2, 0.25) is 0 Å². The SMILES string of the molecule is O=C1NC(=O)N(c2ccc(I)cc2)C(=O)/C1=C\c1cc([N+](=O)[O-])ccc1N1CC[NH2+]CC1.[Cl-]. The zero-order valence-electron chi connectivity index (χ0n) is 17.2. The highest BCUT2D eigenvalue weighted by molar-refractivity contribution is 14.1. The van der Waals surface area contributed by atoms with Gasteiger partial charge in [-0.3, -0.25) is 25.0 Å². The normalized spacial score (nSPS) is 17.6. The number of hydrogen-bond donors (Lipinski definition) is 2. The van der Waals surface area contributed by atoms with Gasteiger partial charge in [0, 0.05) is 27.0 Å². The van der Waals surface area contributed by atoms with Gasteiger partial charge in [-0.15, -0.1) is 0 Å². The summed E-state index contributed by atoms with van der Waals surface area (Å²) in [7, 11) is 0. The number of carbonyl (C=O) groups excluding carboxylic acids is 3. The number of halogens is 2. The van der Waals surface area contributed by atoms with Crippen LogP contribution in [-0.2, 0) is 9.59 Å². The minimum Gasteiger partial charge on any atom is -1.00 e. The number of quaternary nitrogens is 1. The highest BCUT2D eigenvalue weighted by Gasteiger charge is 2.37. The Kier molecular flexibility index (Phi) is 7.66. The number of nitro groups is 1. The van der Waals surface area contributed by atoms with Crippen LogP contribution in [-0.4, -0.2) is 48.9 Å². The Morgan fingerprint density at radius 3 is 2.36 bits per heavy atom. The van der Waals surface area contributed by atoms with Crippen LogP contribution in [0.3, 0.4) is 0 Å². The van der Waals surface area contributed by atoms with E-state index in [0.29, 0.717) is 16.9 Å². The van der Waals surface area contributed by atoms with Crippen LogP contribution in [0.15, 0.2) is 48.0 Å². The van der Waals surface area contributed by atoms with Gasteiger partial charge in [-0.05, 0) is 59.0 Å². The highest BCUT2D eigenvalue weighted by Crippen LogP contribution is 2.29. The van der Waals surface area contributed by atoms with Crippen LogP contribution in [0.5, 0.6) is 0 Å². The molecular weight excluding hydrogens is 565 g/mol. The van der Waals surface area contributed by atoms with E-state index in [2.05, 4.69) is 38.1 Å². The molecule has 2 heterocycles. The number of anilines is 2. The number of rotatable bonds is 4. The Hall–Kier alpha value is -3.03. The van der Waals surface area contributed by atoms with Gasteiger partial charge in [0.1, 0.15) is 5.57 Å². The third-order valence-corrected chi connectivity index (χ3v) is 5.97. The molecule has 0 spiro atoms. The Morgan fingerprint density at radius 2 is 1.73 bits per heavy atom. The molecule has 0 atom stereocenters. The number of nitro benzene ring substituents is 1. The molecule has 10 nitrogen and oxygen atoms in total. The maximum atomic E-state index is 13.2. The second-order valence-electron chi connectivity index (χ2n) is 7.29. The molecule has 2 aliphatic heterocycles. The van der Waals surface area contributed by atoms with E-state index in [1.54, 1.807) is 30.3 Å². The van der Waals surface area contributed by atoms with E-state index in [1.165, 1.54) is 18.2 Å². The summed E-state index contributed by atoms with van der Waals surface area (Å²) < 4.78 is 0.920. The molecule has 0 saturated carbocycles. The standard InChI is InChI=1S/C21H18IN5O5.ClH/c22-14-1-3-15(4-2-14)26-20(29)17(19(28)24-21(26)30)12-13-11-16(27(31)32)5-6-18(13)25-9-7-23-8-10-25;/h1-6,11-12,23H,7-10H2,(H,24,28,30);1H/b17-12-;. The second kappa shape index (κ2) is 10.3. The van der Waals surface area contributed by atoms with Crippen molar-refractivity contribution >= 4 is 63.6 Å². The average molecular weight is 584 g/mol. The first-order valence-corrected chi connectivity index (χ1v) is 10.9. The minimum atomic E-state index is -0.843. The van der Waals surface area contributed by atoms with Gasteiger partial charge >= 0.3 is 6.03 Å². The number of nitrogens with zero attached hydrogens (tertiary/aromatic N) is 3. The molecule has 2 aliphatic rings. The Labute approximate surface area is 208 Å². The van der Waals surface area contributed by atoms with Gasteiger partial charge in [-0.1, -0.05) is 0 Å². The zero-order chi connectivity index (χ0) is 22.8. The molecule has 0 unspecified atom stereocenters. The van der Waals surface area contributed by atoms with Gasteiger partial charge in [0.25, 0.3) is 17.5 Å². The van der Waals surface area contributed by atoms with Crippen LogP contribution >= 0.6 is 22.6 Å². The molecule has 33 heavy (non-hydrogen) atoms. The summed E-state index contributed by atoms with van der Waals surface area (Å²) in [5.41, 5.74) is 0.954. The van der Waals surface area contributed by atoms with Gasteiger partial charge < -0.3 is 22.6 Å². The molecule has 4 rings (SSSR count). The van der Waals surface area contributed by atoms with Crippen LogP contribution in [0.2, 0.25) is 0 Å². The number of benzene rings is 2. The lowest BCUT2D eigenvalue weighted by Gasteiger charge is -2.29. The van der Waals surface area contributed by atoms with Gasteiger partial charge in [-0.2, -0.15) is 0 Å². The highest BCUT2D eigenvalue weighted by atomic mass is 127. The number of barbiturate groups is 1. The Balaban J connectivity index is 0.00000306. The zero-order valence-corrected chi connectivity index (χ0v) is 20.1. The summed E-state index contributed by atoms with van der Waals surface area (Å²) in [5, 5.41) is 15.7. The summed E-state index contributed by atoms with van der Waals surface area (Å²) >= 11 is 2.10. The molecule has 2 fully saturated rings. The van der Waals surface area contributed by atoms with Crippen molar-refractivity contribution < 1.29 is 37.0 Å². The van der Waals surface area contributed by atoms with Crippen molar-refractivity contribution in [3.63, 3.8) is 0 Å². The molecule has 4 amide bonds. The first kappa shape index (κ1) is 24.6. The number of nitrogens with one attached hydrogen (secondary N) is 1. The summed E-state index contributed by atoms with van der Waals surface area (Å²) in [5.74, 6) is -1.63. The predicted molar refractivity (Wildman–Crippen MR) is 125 cm³/mol. The summed E-state index contributed by atoms with van der Waals surface area (Å²) in [4.78, 5) is 51.9. The van der Waals surface area contributed by atoms with E-state index >= 15 is 0 Å². The summed E-state index contributed by atoms with van der Waals surface area (Å²) in [6.45, 7) is 3.17. The predicted octanol–water partition coefficient (Wildman–Crippen LogP) is -1.75. The van der Waals surface area contributed by atoms with Crippen LogP contribution < -0.4 is 32.8 Å². The number of amides is 4. The van der Waals surface area contributed by atoms with Crippen molar-refractivity contribution in [2.75, 3.05) is 36.0 Å². The molecule has 2 saturated heterocycles. The van der Waals surface area contributed by atoms with Crippen molar-refractivity contribution in [1.82, 2.24) is 5.32 Å². The maximum Gasteiger partial charge on any atom is 0.335 e. The lowest BCUT2D eigenvalue weighted by molar-refractivity contribution is -0.655. The van der Waals surface area contributed by atoms with Crippen molar-refractivity contribution in [3.05, 3.63) is 67.3 Å². The number of non-ortho nitro benzene ring substituents is 1. The van der Waals surface area contributed by atoms with Crippen molar-refractivity contribution in [1.29, 1.82) is 0 Å². The average Bonchev–Trinajstić information content (AvgIpc) is 2.78. The first-order chi connectivity index (χ1) is 15.3. The minimum absolute atomic E-state index is 0. The Bertz CT molecular complexity index is 1150. The van der Waals surface area contributed by atoms with E-state index in [-0.39, 0.29) is 23.7 Å². The van der Waals surface area contributed by atoms with Crippen LogP contribution in [0, 0.1) is 13.7 Å². The number of imide groups is 2. The lowest BCUT2D eigenvalue weighted by atomic mass is 10.0. The summed E-state index contributed by atoms with van der Waals surface area (Å²) in [6, 6.07) is 10.2. The molecular formula is C21H19ClIN5O5. The fourth-order valence-electron chi connectivity index (χ4n) is 3.69. The Morgan fingerprint density at radius 1 is 1.06 bits per heavy atom. The van der Waals surface area contributed by atoms with Crippen molar-refractivity contribution in [3.8, 4) is 0 Å². The number of nitrogens with two attached hydrogens (primary N) is 1. The first-order valence-electron chi connectivity index (χ1n) is 9.87. The second-order valence-corrected chi connectivity index (χ2v) is 8.53. The van der Waals surface area contributed by atoms with Crippen LogP contribution in [0.4, 0.5) is 21.9 Å². The third kappa shape index (κ3) is 5.15. The molecule has 172 valence electrons. The lowest BCUT2D eigenvalue weighted by Crippen LogP contribution is -3.00. The number of hydrogen-bond acceptors (Lipinski definition) is 6. The molecule has 3 N–H and O–H groups in total. The molecule has 0 aliphatic carbocycles. The molecule has 2 aromatic rings. The number of carbonyl (C=O) groups is 3. The monoisotopic (exact) mass is 583 g/mol. The topological polar surface area (TPSA) is 129 Å². The van der Waals surface area contributed by atoms with E-state index in [9.17, 15) is 24.5 Å². The fraction of sp³-hybridized carbons (Fsp3) is 0.190. The van der Waals surface area contributed by atoms with E-state index in [1.807, 2.05) is 0 Å². The largest absolute Gasteiger partial charge is 1.00 e. The van der Waals surface area contributed by atoms with Crippen LogP contribution in [0.1, 0.15) is 5.56 Å². The van der Waals surface area contributed by atoms with E-state index in [4.69, 9.17) is 0 Å². The molecule has 12 heteroatoms. The van der Waals surface area contributed by atoms with Gasteiger partial charge in [0.15, 0.2) is 0 Å². The van der Waals surface area contributed by atoms with Gasteiger partial charge in [-0.25, -0.2) is 9.69 Å². The van der Waals surface area contributed by atoms with Crippen LogP contribution in [0.25, 0.3) is 6.08 Å². The summed E-state index contributed by atoms with van der Waals surface area (Å²) in [6.07, 6.45) is 1.32. The fourth-order valence-corrected chi connectivity index (χ4v) is 4.05. The molecule has 0 radical (unpaired) electrons. The van der Waals surface area contributed by atoms with E-state index < -0.39 is 22.8 Å². The molecule has 2 aromatic carbocycles. The third-order valence-electron chi connectivity index (χ3n) is 5.26. The van der Waals surface area contributed by atoms with Gasteiger partial charge in [0.05, 0.1) is 36.8 Å². The van der Waals surface area contributed by atoms with Crippen molar-refractivity contribution in [2.24, 2.45) is 0 Å². The smallest absolute Gasteiger partial charge is 0.335 e. The van der Waals surface area contributed by atoms with E-state index in [0.717, 1.165) is 34.6 Å². The number of urea groups is 1. The molecule has 0 aromatic heterocycles. The number of piperazine rings is 1.